The molecule has 0 atom stereocenters. The van der Waals surface area contributed by atoms with E-state index < -0.39 is 0 Å². The molecule has 3 nitrogen and oxygen atoms in total. The lowest BCUT2D eigenvalue weighted by atomic mass is 10.1. The molecule has 0 radical (unpaired) electrons. The van der Waals surface area contributed by atoms with E-state index in [0.29, 0.717) is 0 Å². The molecule has 0 aromatic carbocycles. The lowest BCUT2D eigenvalue weighted by Gasteiger charge is -2.05. The second-order valence-electron chi connectivity index (χ2n) is 4.72. The van der Waals surface area contributed by atoms with Gasteiger partial charge in [-0.05, 0) is 13.0 Å². The van der Waals surface area contributed by atoms with Crippen LogP contribution >= 0.6 is 0 Å². The van der Waals surface area contributed by atoms with Crippen molar-refractivity contribution in [3.63, 3.8) is 0 Å². The first kappa shape index (κ1) is 14.2. The number of rotatable bonds is 10. The van der Waals surface area contributed by atoms with Crippen LogP contribution in [0.15, 0.2) is 12.4 Å². The van der Waals surface area contributed by atoms with Crippen molar-refractivity contribution in [3.8, 4) is 0 Å². The Morgan fingerprint density at radius 1 is 1.12 bits per heavy atom. The molecule has 17 heavy (non-hydrogen) atoms. The summed E-state index contributed by atoms with van der Waals surface area (Å²) in [4.78, 5) is 4.31. The van der Waals surface area contributed by atoms with Gasteiger partial charge in [-0.1, -0.05) is 39.0 Å². The van der Waals surface area contributed by atoms with Gasteiger partial charge in [0.1, 0.15) is 5.82 Å². The molecule has 1 rings (SSSR count). The zero-order valence-electron chi connectivity index (χ0n) is 11.4. The standard InChI is InChI=1S/C14H27N3/c1-3-4-5-6-7-8-10-15-11-9-14-16-12-13-17(14)2/h12-13,15H,3-11H2,1-2H3. The van der Waals surface area contributed by atoms with Gasteiger partial charge in [-0.25, -0.2) is 4.98 Å². The Hall–Kier alpha value is -0.830. The van der Waals surface area contributed by atoms with E-state index in [4.69, 9.17) is 0 Å². The number of nitrogens with zero attached hydrogens (tertiary/aromatic N) is 2. The summed E-state index contributed by atoms with van der Waals surface area (Å²) in [6.07, 6.45) is 13.1. The third kappa shape index (κ3) is 6.47. The smallest absolute Gasteiger partial charge is 0.109 e. The molecule has 1 heterocycles. The van der Waals surface area contributed by atoms with Gasteiger partial charge in [-0.2, -0.15) is 0 Å². The summed E-state index contributed by atoms with van der Waals surface area (Å²) in [6, 6.07) is 0. The predicted octanol–water partition coefficient (Wildman–Crippen LogP) is 2.91. The van der Waals surface area contributed by atoms with Crippen LogP contribution in [-0.2, 0) is 13.5 Å². The highest BCUT2D eigenvalue weighted by molar-refractivity contribution is 4.91. The molecule has 0 unspecified atom stereocenters. The summed E-state index contributed by atoms with van der Waals surface area (Å²) in [6.45, 7) is 4.45. The zero-order valence-corrected chi connectivity index (χ0v) is 11.4. The lowest BCUT2D eigenvalue weighted by molar-refractivity contribution is 0.568. The number of hydrogen-bond acceptors (Lipinski definition) is 2. The SMILES string of the molecule is CCCCCCCCNCCc1nccn1C. The summed E-state index contributed by atoms with van der Waals surface area (Å²) >= 11 is 0. The molecule has 0 aliphatic carbocycles. The van der Waals surface area contributed by atoms with Crippen molar-refractivity contribution in [1.29, 1.82) is 0 Å². The maximum absolute atomic E-state index is 4.31. The topological polar surface area (TPSA) is 29.9 Å². The minimum absolute atomic E-state index is 1.03. The third-order valence-electron chi connectivity index (χ3n) is 3.15. The summed E-state index contributed by atoms with van der Waals surface area (Å²) < 4.78 is 2.09. The van der Waals surface area contributed by atoms with Crippen LogP contribution in [0.2, 0.25) is 0 Å². The van der Waals surface area contributed by atoms with Crippen molar-refractivity contribution >= 4 is 0 Å². The molecule has 3 heteroatoms. The van der Waals surface area contributed by atoms with Crippen molar-refractivity contribution in [1.82, 2.24) is 14.9 Å². The number of imidazole rings is 1. The van der Waals surface area contributed by atoms with Crippen LogP contribution in [0.3, 0.4) is 0 Å². The maximum Gasteiger partial charge on any atom is 0.109 e. The molecule has 0 bridgehead atoms. The highest BCUT2D eigenvalue weighted by Crippen LogP contribution is 2.04. The van der Waals surface area contributed by atoms with Gasteiger partial charge in [0.25, 0.3) is 0 Å². The van der Waals surface area contributed by atoms with Gasteiger partial charge in [0.2, 0.25) is 0 Å². The van der Waals surface area contributed by atoms with E-state index in [1.807, 2.05) is 12.4 Å². The summed E-state index contributed by atoms with van der Waals surface area (Å²) in [7, 11) is 2.05. The molecular formula is C14H27N3. The van der Waals surface area contributed by atoms with E-state index in [0.717, 1.165) is 19.5 Å². The van der Waals surface area contributed by atoms with Crippen LogP contribution in [0, 0.1) is 0 Å². The molecule has 0 amide bonds. The van der Waals surface area contributed by atoms with Crippen molar-refractivity contribution in [3.05, 3.63) is 18.2 Å². The highest BCUT2D eigenvalue weighted by atomic mass is 15.0. The van der Waals surface area contributed by atoms with Gasteiger partial charge in [0, 0.05) is 32.4 Å². The molecule has 0 spiro atoms. The monoisotopic (exact) mass is 237 g/mol. The summed E-state index contributed by atoms with van der Waals surface area (Å²) in [5.74, 6) is 1.17. The largest absolute Gasteiger partial charge is 0.338 e. The highest BCUT2D eigenvalue weighted by Gasteiger charge is 1.97. The first-order valence-corrected chi connectivity index (χ1v) is 7.01. The zero-order chi connectivity index (χ0) is 12.3. The van der Waals surface area contributed by atoms with Crippen molar-refractivity contribution in [2.24, 2.45) is 7.05 Å². The minimum atomic E-state index is 1.03. The van der Waals surface area contributed by atoms with Crippen LogP contribution in [-0.4, -0.2) is 22.6 Å². The van der Waals surface area contributed by atoms with Crippen molar-refractivity contribution < 1.29 is 0 Å². The van der Waals surface area contributed by atoms with Gasteiger partial charge in [-0.15, -0.1) is 0 Å². The Morgan fingerprint density at radius 3 is 2.59 bits per heavy atom. The molecule has 0 aliphatic rings. The van der Waals surface area contributed by atoms with E-state index in [2.05, 4.69) is 28.8 Å². The molecule has 1 aromatic rings. The average Bonchev–Trinajstić information content (AvgIpc) is 2.73. The van der Waals surface area contributed by atoms with Gasteiger partial charge in [0.15, 0.2) is 0 Å². The lowest BCUT2D eigenvalue weighted by Crippen LogP contribution is -2.19. The fourth-order valence-electron chi connectivity index (χ4n) is 1.99. The van der Waals surface area contributed by atoms with Crippen LogP contribution in [0.5, 0.6) is 0 Å². The van der Waals surface area contributed by atoms with Gasteiger partial charge in [0.05, 0.1) is 0 Å². The second kappa shape index (κ2) is 9.23. The maximum atomic E-state index is 4.31. The quantitative estimate of drug-likeness (QED) is 0.634. The predicted molar refractivity (Wildman–Crippen MR) is 73.2 cm³/mol. The third-order valence-corrected chi connectivity index (χ3v) is 3.15. The summed E-state index contributed by atoms with van der Waals surface area (Å²) in [5, 5.41) is 3.49. The van der Waals surface area contributed by atoms with Crippen molar-refractivity contribution in [2.75, 3.05) is 13.1 Å². The number of hydrogen-bond donors (Lipinski definition) is 1. The first-order chi connectivity index (χ1) is 8.34. The fraction of sp³-hybridized carbons (Fsp3) is 0.786. The first-order valence-electron chi connectivity index (χ1n) is 7.01. The van der Waals surface area contributed by atoms with E-state index in [9.17, 15) is 0 Å². The fourth-order valence-corrected chi connectivity index (χ4v) is 1.99. The Bertz CT molecular complexity index is 281. The van der Waals surface area contributed by atoms with Crippen LogP contribution < -0.4 is 5.32 Å². The van der Waals surface area contributed by atoms with Gasteiger partial charge >= 0.3 is 0 Å². The molecule has 0 aliphatic heterocycles. The number of unbranched alkanes of at least 4 members (excludes halogenated alkanes) is 5. The molecule has 1 aromatic heterocycles. The van der Waals surface area contributed by atoms with Gasteiger partial charge in [-0.3, -0.25) is 0 Å². The Balaban J connectivity index is 1.86. The molecule has 0 fully saturated rings. The number of aryl methyl sites for hydroxylation is 1. The van der Waals surface area contributed by atoms with E-state index in [1.54, 1.807) is 0 Å². The average molecular weight is 237 g/mol. The van der Waals surface area contributed by atoms with E-state index in [1.165, 1.54) is 44.3 Å². The normalized spacial score (nSPS) is 10.9. The van der Waals surface area contributed by atoms with Crippen LogP contribution in [0.1, 0.15) is 51.3 Å². The molecule has 0 saturated heterocycles. The van der Waals surface area contributed by atoms with Crippen LogP contribution in [0.4, 0.5) is 0 Å². The minimum Gasteiger partial charge on any atom is -0.338 e. The van der Waals surface area contributed by atoms with E-state index in [-0.39, 0.29) is 0 Å². The van der Waals surface area contributed by atoms with Gasteiger partial charge < -0.3 is 9.88 Å². The molecule has 0 saturated carbocycles. The Morgan fingerprint density at radius 2 is 1.88 bits per heavy atom. The van der Waals surface area contributed by atoms with Crippen molar-refractivity contribution in [2.45, 2.75) is 51.9 Å². The molecular weight excluding hydrogens is 210 g/mol. The Labute approximate surface area is 106 Å². The molecule has 1 N–H and O–H groups in total. The Kier molecular flexibility index (Phi) is 7.72. The number of nitrogens with one attached hydrogen (secondary N) is 1. The molecule has 98 valence electrons. The second-order valence-corrected chi connectivity index (χ2v) is 4.72. The van der Waals surface area contributed by atoms with Crippen LogP contribution in [0.25, 0.3) is 0 Å². The summed E-state index contributed by atoms with van der Waals surface area (Å²) in [5.41, 5.74) is 0. The van der Waals surface area contributed by atoms with E-state index >= 15 is 0 Å². The number of aromatic nitrogens is 2.